The standard InChI is InChI=1S/C15H23FN2O3/c1-17(9-12-2-3-15(20)14(16)8-12)10-13(19)11-18-4-6-21-7-5-18/h2-3,8,13,19-20H,4-7,9-11H2,1H3. The number of hydrogen-bond donors (Lipinski definition) is 2. The molecule has 2 N–H and O–H groups in total. The summed E-state index contributed by atoms with van der Waals surface area (Å²) in [6.45, 7) is 4.80. The molecule has 0 saturated carbocycles. The Hall–Kier alpha value is -1.21. The number of ether oxygens (including phenoxy) is 1. The van der Waals surface area contributed by atoms with Gasteiger partial charge in [0.15, 0.2) is 11.6 Å². The Labute approximate surface area is 124 Å². The number of likely N-dealkylation sites (N-methyl/N-ethyl adjacent to an activating group) is 1. The molecule has 21 heavy (non-hydrogen) atoms. The zero-order chi connectivity index (χ0) is 15.2. The molecule has 1 aliphatic heterocycles. The molecule has 0 aromatic heterocycles. The summed E-state index contributed by atoms with van der Waals surface area (Å²) in [5.41, 5.74) is 0.770. The van der Waals surface area contributed by atoms with E-state index in [1.165, 1.54) is 12.1 Å². The molecule has 1 aromatic carbocycles. The average Bonchev–Trinajstić information content (AvgIpc) is 2.43. The quantitative estimate of drug-likeness (QED) is 0.808. The van der Waals surface area contributed by atoms with E-state index in [1.54, 1.807) is 6.07 Å². The lowest BCUT2D eigenvalue weighted by atomic mass is 10.2. The molecular formula is C15H23FN2O3. The molecule has 1 unspecified atom stereocenters. The zero-order valence-corrected chi connectivity index (χ0v) is 12.3. The number of rotatable bonds is 6. The maximum Gasteiger partial charge on any atom is 0.165 e. The van der Waals surface area contributed by atoms with Crippen molar-refractivity contribution in [2.24, 2.45) is 0 Å². The first-order valence-corrected chi connectivity index (χ1v) is 7.18. The highest BCUT2D eigenvalue weighted by atomic mass is 19.1. The Kier molecular flexibility index (Phi) is 5.93. The number of phenolic OH excluding ortho intramolecular Hbond substituents is 1. The van der Waals surface area contributed by atoms with Gasteiger partial charge in [0, 0.05) is 32.7 Å². The van der Waals surface area contributed by atoms with Gasteiger partial charge in [0.25, 0.3) is 0 Å². The summed E-state index contributed by atoms with van der Waals surface area (Å²) in [6, 6.07) is 4.35. The van der Waals surface area contributed by atoms with E-state index < -0.39 is 11.9 Å². The van der Waals surface area contributed by atoms with Crippen LogP contribution in [0.3, 0.4) is 0 Å². The van der Waals surface area contributed by atoms with Gasteiger partial charge in [-0.25, -0.2) is 4.39 Å². The molecular weight excluding hydrogens is 275 g/mol. The molecule has 1 saturated heterocycles. The van der Waals surface area contributed by atoms with Crippen LogP contribution in [-0.2, 0) is 11.3 Å². The lowest BCUT2D eigenvalue weighted by Gasteiger charge is -2.30. The molecule has 0 spiro atoms. The van der Waals surface area contributed by atoms with Crippen LogP contribution in [0.15, 0.2) is 18.2 Å². The second-order valence-corrected chi connectivity index (χ2v) is 5.55. The molecule has 1 aromatic rings. The lowest BCUT2D eigenvalue weighted by Crippen LogP contribution is -2.43. The van der Waals surface area contributed by atoms with Gasteiger partial charge in [-0.3, -0.25) is 9.80 Å². The summed E-state index contributed by atoms with van der Waals surface area (Å²) < 4.78 is 18.5. The topological polar surface area (TPSA) is 56.2 Å². The molecule has 0 radical (unpaired) electrons. The van der Waals surface area contributed by atoms with Crippen LogP contribution >= 0.6 is 0 Å². The number of aliphatic hydroxyl groups is 1. The largest absolute Gasteiger partial charge is 0.505 e. The normalized spacial score (nSPS) is 18.1. The van der Waals surface area contributed by atoms with E-state index in [9.17, 15) is 9.50 Å². The number of benzene rings is 1. The van der Waals surface area contributed by atoms with Crippen molar-refractivity contribution in [2.45, 2.75) is 12.6 Å². The van der Waals surface area contributed by atoms with Gasteiger partial charge in [0.1, 0.15) is 0 Å². The van der Waals surface area contributed by atoms with Crippen molar-refractivity contribution in [3.8, 4) is 5.75 Å². The number of β-amino-alcohol motifs (C(OH)–C–C–N with tert-alkyl or cyclic N) is 1. The Morgan fingerprint density at radius 3 is 2.76 bits per heavy atom. The molecule has 1 aliphatic rings. The number of morpholine rings is 1. The van der Waals surface area contributed by atoms with Crippen molar-refractivity contribution < 1.29 is 19.3 Å². The summed E-state index contributed by atoms with van der Waals surface area (Å²) in [7, 11) is 1.88. The minimum Gasteiger partial charge on any atom is -0.505 e. The monoisotopic (exact) mass is 298 g/mol. The zero-order valence-electron chi connectivity index (χ0n) is 12.3. The van der Waals surface area contributed by atoms with Gasteiger partial charge in [0.2, 0.25) is 0 Å². The van der Waals surface area contributed by atoms with Gasteiger partial charge in [-0.2, -0.15) is 0 Å². The summed E-state index contributed by atoms with van der Waals surface area (Å²) in [4.78, 5) is 4.12. The van der Waals surface area contributed by atoms with Crippen LogP contribution in [0.1, 0.15) is 5.56 Å². The summed E-state index contributed by atoms with van der Waals surface area (Å²) in [5, 5.41) is 19.3. The lowest BCUT2D eigenvalue weighted by molar-refractivity contribution is 0.00825. The Bertz CT molecular complexity index is 453. The second-order valence-electron chi connectivity index (χ2n) is 5.55. The van der Waals surface area contributed by atoms with Gasteiger partial charge < -0.3 is 14.9 Å². The maximum absolute atomic E-state index is 13.3. The van der Waals surface area contributed by atoms with Crippen molar-refractivity contribution in [3.05, 3.63) is 29.6 Å². The third-order valence-electron chi connectivity index (χ3n) is 3.56. The summed E-state index contributed by atoms with van der Waals surface area (Å²) in [5.74, 6) is -0.955. The minimum absolute atomic E-state index is 0.339. The van der Waals surface area contributed by atoms with E-state index in [0.717, 1.165) is 31.9 Å². The molecule has 6 heteroatoms. The highest BCUT2D eigenvalue weighted by molar-refractivity contribution is 5.27. The number of phenols is 1. The van der Waals surface area contributed by atoms with Crippen LogP contribution in [0, 0.1) is 5.82 Å². The maximum atomic E-state index is 13.3. The van der Waals surface area contributed by atoms with Gasteiger partial charge >= 0.3 is 0 Å². The summed E-state index contributed by atoms with van der Waals surface area (Å²) >= 11 is 0. The molecule has 118 valence electrons. The molecule has 0 aliphatic carbocycles. The molecule has 1 atom stereocenters. The first kappa shape index (κ1) is 16.2. The predicted molar refractivity (Wildman–Crippen MR) is 77.7 cm³/mol. The third kappa shape index (κ3) is 5.24. The molecule has 1 heterocycles. The Morgan fingerprint density at radius 2 is 2.10 bits per heavy atom. The van der Waals surface area contributed by atoms with Crippen LogP contribution in [0.25, 0.3) is 0 Å². The van der Waals surface area contributed by atoms with Crippen molar-refractivity contribution in [1.82, 2.24) is 9.80 Å². The number of aromatic hydroxyl groups is 1. The van der Waals surface area contributed by atoms with E-state index >= 15 is 0 Å². The van der Waals surface area contributed by atoms with Crippen molar-refractivity contribution in [2.75, 3.05) is 46.4 Å². The predicted octanol–water partition coefficient (Wildman–Crippen LogP) is 0.656. The fourth-order valence-corrected chi connectivity index (χ4v) is 2.52. The number of halogens is 1. The van der Waals surface area contributed by atoms with E-state index in [2.05, 4.69) is 4.90 Å². The SMILES string of the molecule is CN(Cc1ccc(O)c(F)c1)CC(O)CN1CCOCC1. The van der Waals surface area contributed by atoms with Gasteiger partial charge in [-0.1, -0.05) is 6.07 Å². The van der Waals surface area contributed by atoms with Gasteiger partial charge in [-0.15, -0.1) is 0 Å². The van der Waals surface area contributed by atoms with Gasteiger partial charge in [0.05, 0.1) is 19.3 Å². The number of nitrogens with zero attached hydrogens (tertiary/aromatic N) is 2. The van der Waals surface area contributed by atoms with Crippen LogP contribution in [0.5, 0.6) is 5.75 Å². The molecule has 5 nitrogen and oxygen atoms in total. The molecule has 0 amide bonds. The fourth-order valence-electron chi connectivity index (χ4n) is 2.52. The van der Waals surface area contributed by atoms with E-state index in [0.29, 0.717) is 19.6 Å². The van der Waals surface area contributed by atoms with Crippen LogP contribution in [0.4, 0.5) is 4.39 Å². The smallest absolute Gasteiger partial charge is 0.165 e. The van der Waals surface area contributed by atoms with Crippen molar-refractivity contribution in [1.29, 1.82) is 0 Å². The Balaban J connectivity index is 1.77. The molecule has 0 bridgehead atoms. The number of aliphatic hydroxyl groups excluding tert-OH is 1. The Morgan fingerprint density at radius 1 is 1.38 bits per heavy atom. The molecule has 1 fully saturated rings. The minimum atomic E-state index is -0.616. The number of hydrogen-bond acceptors (Lipinski definition) is 5. The highest BCUT2D eigenvalue weighted by Crippen LogP contribution is 2.17. The highest BCUT2D eigenvalue weighted by Gasteiger charge is 2.16. The first-order valence-electron chi connectivity index (χ1n) is 7.18. The average molecular weight is 298 g/mol. The second kappa shape index (κ2) is 7.70. The van der Waals surface area contributed by atoms with Crippen molar-refractivity contribution >= 4 is 0 Å². The van der Waals surface area contributed by atoms with Crippen LogP contribution in [-0.4, -0.2) is 72.6 Å². The van der Waals surface area contributed by atoms with E-state index in [4.69, 9.17) is 9.84 Å². The van der Waals surface area contributed by atoms with E-state index in [-0.39, 0.29) is 5.75 Å². The fraction of sp³-hybridized carbons (Fsp3) is 0.600. The third-order valence-corrected chi connectivity index (χ3v) is 3.56. The van der Waals surface area contributed by atoms with Crippen LogP contribution in [0.2, 0.25) is 0 Å². The first-order chi connectivity index (χ1) is 10.0. The van der Waals surface area contributed by atoms with Gasteiger partial charge in [-0.05, 0) is 24.7 Å². The van der Waals surface area contributed by atoms with Crippen molar-refractivity contribution in [3.63, 3.8) is 0 Å². The summed E-state index contributed by atoms with van der Waals surface area (Å²) in [6.07, 6.45) is -0.449. The van der Waals surface area contributed by atoms with Crippen LogP contribution < -0.4 is 0 Å². The molecule has 2 rings (SSSR count). The van der Waals surface area contributed by atoms with E-state index in [1.807, 2.05) is 11.9 Å².